The summed E-state index contributed by atoms with van der Waals surface area (Å²) in [5, 5.41) is 3.01. The van der Waals surface area contributed by atoms with Gasteiger partial charge in [0.1, 0.15) is 11.6 Å². The lowest BCUT2D eigenvalue weighted by molar-refractivity contribution is 0.583. The highest BCUT2D eigenvalue weighted by molar-refractivity contribution is 5.38. The summed E-state index contributed by atoms with van der Waals surface area (Å²) in [4.78, 5) is 3.69. The Morgan fingerprint density at radius 2 is 2.00 bits per heavy atom. The van der Waals surface area contributed by atoms with Crippen molar-refractivity contribution in [3.05, 3.63) is 82.0 Å². The summed E-state index contributed by atoms with van der Waals surface area (Å²) in [6, 6.07) is 6.27. The number of anilines is 1. The third-order valence-electron chi connectivity index (χ3n) is 5.22. The average Bonchev–Trinajstić information content (AvgIpc) is 3.53. The number of allylic oxidation sites excluding steroid dienone is 4. The first-order chi connectivity index (χ1) is 13.9. The van der Waals surface area contributed by atoms with Crippen LogP contribution in [0.15, 0.2) is 53.6 Å². The Bertz CT molecular complexity index is 946. The first kappa shape index (κ1) is 21.0. The van der Waals surface area contributed by atoms with Crippen LogP contribution < -0.4 is 11.1 Å². The number of hydrogen-bond acceptors (Lipinski definition) is 3. The van der Waals surface area contributed by atoms with Gasteiger partial charge in [-0.25, -0.2) is 18.2 Å². The van der Waals surface area contributed by atoms with Crippen molar-refractivity contribution in [2.75, 3.05) is 5.73 Å². The largest absolute Gasteiger partial charge is 0.382 e. The van der Waals surface area contributed by atoms with E-state index in [4.69, 9.17) is 5.73 Å². The fourth-order valence-corrected chi connectivity index (χ4v) is 3.23. The van der Waals surface area contributed by atoms with E-state index in [9.17, 15) is 13.2 Å². The quantitative estimate of drug-likeness (QED) is 0.569. The second kappa shape index (κ2) is 9.16. The van der Waals surface area contributed by atoms with E-state index in [2.05, 4.69) is 10.3 Å². The van der Waals surface area contributed by atoms with Gasteiger partial charge in [0.05, 0.1) is 0 Å². The predicted octanol–water partition coefficient (Wildman–Crippen LogP) is 5.57. The number of halogens is 3. The molecule has 1 aromatic heterocycles. The van der Waals surface area contributed by atoms with Crippen LogP contribution in [0.3, 0.4) is 0 Å². The van der Waals surface area contributed by atoms with E-state index in [-0.39, 0.29) is 24.6 Å². The molecule has 6 heteroatoms. The number of nitrogens with one attached hydrogen (secondary N) is 1. The van der Waals surface area contributed by atoms with E-state index < -0.39 is 11.6 Å². The van der Waals surface area contributed by atoms with Crippen LogP contribution in [-0.4, -0.2) is 4.98 Å². The van der Waals surface area contributed by atoms with E-state index >= 15 is 0 Å². The molecule has 1 aliphatic carbocycles. The molecular formula is C23H26F3N3. The number of benzene rings is 1. The minimum Gasteiger partial charge on any atom is -0.382 e. The fourth-order valence-electron chi connectivity index (χ4n) is 3.23. The highest BCUT2D eigenvalue weighted by atomic mass is 19.1. The minimum absolute atomic E-state index is 0.171. The summed E-state index contributed by atoms with van der Waals surface area (Å²) in [6.45, 7) is 3.98. The molecule has 154 valence electrons. The van der Waals surface area contributed by atoms with Gasteiger partial charge in [-0.3, -0.25) is 0 Å². The van der Waals surface area contributed by atoms with Crippen LogP contribution in [0.25, 0.3) is 0 Å². The number of aromatic nitrogens is 1. The molecule has 1 aromatic carbocycles. The molecular weight excluding hydrogens is 375 g/mol. The number of nitrogens with zero attached hydrogens (tertiary/aromatic N) is 1. The third-order valence-corrected chi connectivity index (χ3v) is 5.22. The Labute approximate surface area is 169 Å². The van der Waals surface area contributed by atoms with Crippen molar-refractivity contribution in [2.45, 2.75) is 46.1 Å². The summed E-state index contributed by atoms with van der Waals surface area (Å²) < 4.78 is 43.0. The molecule has 0 aliphatic heterocycles. The first-order valence-electron chi connectivity index (χ1n) is 9.85. The lowest BCUT2D eigenvalue weighted by atomic mass is 10.0. The molecule has 0 radical (unpaired) electrons. The minimum atomic E-state index is -0.582. The number of nitrogens with two attached hydrogens (primary N) is 1. The monoisotopic (exact) mass is 401 g/mol. The zero-order valence-electron chi connectivity index (χ0n) is 16.7. The van der Waals surface area contributed by atoms with E-state index in [1.54, 1.807) is 18.2 Å². The van der Waals surface area contributed by atoms with Crippen LogP contribution in [-0.2, 0) is 13.0 Å². The summed E-state index contributed by atoms with van der Waals surface area (Å²) in [5.74, 6) is -0.959. The molecule has 0 spiro atoms. The Kier molecular flexibility index (Phi) is 6.62. The third kappa shape index (κ3) is 5.40. The molecule has 29 heavy (non-hydrogen) atoms. The van der Waals surface area contributed by atoms with Gasteiger partial charge >= 0.3 is 0 Å². The Hall–Kier alpha value is -2.76. The Balaban J connectivity index is 1.68. The lowest BCUT2D eigenvalue weighted by Crippen LogP contribution is -2.15. The topological polar surface area (TPSA) is 50.9 Å². The Morgan fingerprint density at radius 1 is 1.24 bits per heavy atom. The van der Waals surface area contributed by atoms with Crippen LogP contribution in [0.2, 0.25) is 0 Å². The predicted molar refractivity (Wildman–Crippen MR) is 110 cm³/mol. The van der Waals surface area contributed by atoms with Crippen molar-refractivity contribution in [3.8, 4) is 0 Å². The van der Waals surface area contributed by atoms with Crippen molar-refractivity contribution >= 4 is 5.82 Å². The molecule has 0 amide bonds. The molecule has 1 heterocycles. The SMILES string of the molecule is CC/C(NCc1ccc(Cc2ccnc(N)c2F)cc1F)=C(F)\C=C(/C)C1CC1. The molecule has 0 saturated heterocycles. The maximum atomic E-state index is 14.5. The molecule has 3 rings (SSSR count). The smallest absolute Gasteiger partial charge is 0.168 e. The van der Waals surface area contributed by atoms with E-state index in [1.165, 1.54) is 18.3 Å². The number of nitrogen functional groups attached to an aromatic ring is 1. The Morgan fingerprint density at radius 3 is 2.66 bits per heavy atom. The van der Waals surface area contributed by atoms with Gasteiger partial charge in [0.15, 0.2) is 11.6 Å². The number of hydrogen-bond donors (Lipinski definition) is 2. The van der Waals surface area contributed by atoms with Crippen LogP contribution >= 0.6 is 0 Å². The van der Waals surface area contributed by atoms with Gasteiger partial charge in [-0.15, -0.1) is 0 Å². The first-order valence-corrected chi connectivity index (χ1v) is 9.85. The van der Waals surface area contributed by atoms with Gasteiger partial charge in [-0.05, 0) is 61.4 Å². The van der Waals surface area contributed by atoms with Gasteiger partial charge in [-0.1, -0.05) is 24.6 Å². The van der Waals surface area contributed by atoms with Crippen molar-refractivity contribution in [1.29, 1.82) is 0 Å². The van der Waals surface area contributed by atoms with Crippen LogP contribution in [0, 0.1) is 17.6 Å². The lowest BCUT2D eigenvalue weighted by Gasteiger charge is -2.12. The molecule has 0 atom stereocenters. The van der Waals surface area contributed by atoms with Gasteiger partial charge in [0, 0.05) is 30.4 Å². The highest BCUT2D eigenvalue weighted by Gasteiger charge is 2.23. The summed E-state index contributed by atoms with van der Waals surface area (Å²) in [7, 11) is 0. The van der Waals surface area contributed by atoms with Gasteiger partial charge in [0.25, 0.3) is 0 Å². The van der Waals surface area contributed by atoms with Crippen LogP contribution in [0.4, 0.5) is 19.0 Å². The molecule has 0 unspecified atom stereocenters. The van der Waals surface area contributed by atoms with Crippen molar-refractivity contribution in [2.24, 2.45) is 5.92 Å². The molecule has 1 fully saturated rings. The van der Waals surface area contributed by atoms with Crippen molar-refractivity contribution in [1.82, 2.24) is 10.3 Å². The maximum absolute atomic E-state index is 14.5. The standard InChI is InChI=1S/C23H26F3N3/c1-3-21(20(25)10-14(2)16-6-7-16)29-13-18-5-4-15(12-19(18)24)11-17-8-9-28-23(27)22(17)26/h4-5,8-10,12,16,29H,3,6-7,11,13H2,1-2H3,(H2,27,28)/b14-10+,21-20-. The highest BCUT2D eigenvalue weighted by Crippen LogP contribution is 2.36. The summed E-state index contributed by atoms with van der Waals surface area (Å²) in [6.07, 6.45) is 5.95. The fraction of sp³-hybridized carbons (Fsp3) is 0.348. The molecule has 1 aliphatic rings. The van der Waals surface area contributed by atoms with E-state index in [0.29, 0.717) is 34.7 Å². The van der Waals surface area contributed by atoms with Gasteiger partial charge < -0.3 is 11.1 Å². The molecule has 0 bridgehead atoms. The summed E-state index contributed by atoms with van der Waals surface area (Å²) >= 11 is 0. The van der Waals surface area contributed by atoms with Crippen molar-refractivity contribution in [3.63, 3.8) is 0 Å². The maximum Gasteiger partial charge on any atom is 0.168 e. The van der Waals surface area contributed by atoms with Gasteiger partial charge in [-0.2, -0.15) is 0 Å². The van der Waals surface area contributed by atoms with Crippen LogP contribution in [0.5, 0.6) is 0 Å². The molecule has 1 saturated carbocycles. The normalized spacial score (nSPS) is 15.3. The second-order valence-corrected chi connectivity index (χ2v) is 7.47. The number of pyridine rings is 1. The van der Waals surface area contributed by atoms with E-state index in [1.807, 2.05) is 13.8 Å². The molecule has 3 nitrogen and oxygen atoms in total. The average molecular weight is 401 g/mol. The van der Waals surface area contributed by atoms with E-state index in [0.717, 1.165) is 18.4 Å². The summed E-state index contributed by atoms with van der Waals surface area (Å²) in [5.41, 5.74) is 8.39. The zero-order valence-corrected chi connectivity index (χ0v) is 16.7. The van der Waals surface area contributed by atoms with Crippen molar-refractivity contribution < 1.29 is 13.2 Å². The van der Waals surface area contributed by atoms with Crippen LogP contribution in [0.1, 0.15) is 49.8 Å². The molecule has 2 aromatic rings. The second-order valence-electron chi connectivity index (χ2n) is 7.47. The van der Waals surface area contributed by atoms with Gasteiger partial charge in [0.2, 0.25) is 0 Å². The number of rotatable bonds is 8. The zero-order chi connectivity index (χ0) is 21.0. The molecule has 3 N–H and O–H groups in total.